The Morgan fingerprint density at radius 2 is 1.94 bits per heavy atom. The smallest absolute Gasteiger partial charge is 0.273 e. The highest BCUT2D eigenvalue weighted by Crippen LogP contribution is 2.26. The van der Waals surface area contributed by atoms with E-state index in [4.69, 9.17) is 4.98 Å². The minimum absolute atomic E-state index is 0.0133. The van der Waals surface area contributed by atoms with E-state index in [1.165, 1.54) is 16.9 Å². The highest BCUT2D eigenvalue weighted by atomic mass is 32.1. The number of hydrogen-bond acceptors (Lipinski definition) is 5. The van der Waals surface area contributed by atoms with Crippen LogP contribution in [0.15, 0.2) is 64.8 Å². The zero-order chi connectivity index (χ0) is 23.7. The van der Waals surface area contributed by atoms with E-state index in [0.717, 1.165) is 41.7 Å². The molecule has 174 valence electrons. The zero-order valence-corrected chi connectivity index (χ0v) is 20.3. The van der Waals surface area contributed by atoms with Crippen molar-refractivity contribution in [2.45, 2.75) is 33.2 Å². The van der Waals surface area contributed by atoms with Crippen LogP contribution in [-0.2, 0) is 11.3 Å². The molecule has 0 aliphatic carbocycles. The van der Waals surface area contributed by atoms with E-state index in [1.54, 1.807) is 4.57 Å². The average molecular weight is 473 g/mol. The lowest BCUT2D eigenvalue weighted by Gasteiger charge is -2.34. The maximum Gasteiger partial charge on any atom is 0.273 e. The van der Waals surface area contributed by atoms with Gasteiger partial charge in [-0.25, -0.2) is 4.98 Å². The van der Waals surface area contributed by atoms with Crippen molar-refractivity contribution in [3.63, 3.8) is 0 Å². The second-order valence-electron chi connectivity index (χ2n) is 9.07. The van der Waals surface area contributed by atoms with Gasteiger partial charge in [-0.3, -0.25) is 14.2 Å². The van der Waals surface area contributed by atoms with Crippen LogP contribution in [0.2, 0.25) is 0 Å². The highest BCUT2D eigenvalue weighted by Gasteiger charge is 2.29. The minimum atomic E-state index is -0.169. The van der Waals surface area contributed by atoms with Crippen LogP contribution in [0.5, 0.6) is 0 Å². The number of thiophene rings is 1. The van der Waals surface area contributed by atoms with Crippen molar-refractivity contribution < 1.29 is 4.79 Å². The molecule has 0 saturated carbocycles. The third kappa shape index (κ3) is 4.61. The number of aromatic nitrogens is 2. The van der Waals surface area contributed by atoms with Crippen LogP contribution in [0, 0.1) is 19.8 Å². The van der Waals surface area contributed by atoms with Gasteiger partial charge in [-0.1, -0.05) is 42.0 Å². The second-order valence-corrected chi connectivity index (χ2v) is 9.98. The molecular weight excluding hydrogens is 444 g/mol. The van der Waals surface area contributed by atoms with Crippen molar-refractivity contribution in [2.24, 2.45) is 5.92 Å². The van der Waals surface area contributed by atoms with Gasteiger partial charge >= 0.3 is 0 Å². The molecule has 5 rings (SSSR count). The van der Waals surface area contributed by atoms with E-state index >= 15 is 0 Å². The van der Waals surface area contributed by atoms with Crippen molar-refractivity contribution in [1.29, 1.82) is 0 Å². The molecule has 0 spiro atoms. The zero-order valence-electron chi connectivity index (χ0n) is 19.5. The number of benzene rings is 2. The summed E-state index contributed by atoms with van der Waals surface area (Å²) in [6, 6.07) is 18.0. The van der Waals surface area contributed by atoms with Gasteiger partial charge in [-0.05, 0) is 61.4 Å². The SMILES string of the molecule is Cc1ccc(Cn2c(N3CCCC(C(=O)Nc4cccc(C)c4)C3)nc3ccsc3c2=O)cc1. The highest BCUT2D eigenvalue weighted by molar-refractivity contribution is 7.17. The molecule has 4 aromatic rings. The fraction of sp³-hybridized carbons (Fsp3) is 0.296. The maximum atomic E-state index is 13.4. The molecule has 2 aromatic heterocycles. The number of piperidine rings is 1. The molecule has 1 aliphatic rings. The summed E-state index contributed by atoms with van der Waals surface area (Å²) in [6.07, 6.45) is 1.69. The Morgan fingerprint density at radius 1 is 1.12 bits per heavy atom. The average Bonchev–Trinajstić information content (AvgIpc) is 3.31. The first-order chi connectivity index (χ1) is 16.5. The lowest BCUT2D eigenvalue weighted by molar-refractivity contribution is -0.120. The fourth-order valence-corrected chi connectivity index (χ4v) is 5.31. The van der Waals surface area contributed by atoms with Gasteiger partial charge in [-0.2, -0.15) is 0 Å². The Bertz CT molecular complexity index is 1390. The van der Waals surface area contributed by atoms with Crippen LogP contribution in [0.4, 0.5) is 11.6 Å². The molecule has 1 atom stereocenters. The summed E-state index contributed by atoms with van der Waals surface area (Å²) in [5, 5.41) is 4.98. The normalized spacial score (nSPS) is 16.1. The molecule has 6 nitrogen and oxygen atoms in total. The Morgan fingerprint density at radius 3 is 2.74 bits per heavy atom. The van der Waals surface area contributed by atoms with Crippen LogP contribution < -0.4 is 15.8 Å². The Kier molecular flexibility index (Phi) is 6.20. The lowest BCUT2D eigenvalue weighted by Crippen LogP contribution is -2.43. The van der Waals surface area contributed by atoms with Crippen LogP contribution in [0.1, 0.15) is 29.5 Å². The summed E-state index contributed by atoms with van der Waals surface area (Å²) in [5.74, 6) is 0.487. The molecule has 2 aromatic carbocycles. The van der Waals surface area contributed by atoms with Crippen LogP contribution in [0.25, 0.3) is 10.2 Å². The maximum absolute atomic E-state index is 13.4. The number of amides is 1. The fourth-order valence-electron chi connectivity index (χ4n) is 4.53. The lowest BCUT2D eigenvalue weighted by atomic mass is 9.97. The molecule has 0 bridgehead atoms. The van der Waals surface area contributed by atoms with Crippen LogP contribution in [-0.4, -0.2) is 28.5 Å². The molecule has 1 fully saturated rings. The Balaban J connectivity index is 1.44. The number of rotatable bonds is 5. The van der Waals surface area contributed by atoms with Gasteiger partial charge in [0, 0.05) is 18.8 Å². The molecular formula is C27H28N4O2S. The molecule has 3 heterocycles. The van der Waals surface area contributed by atoms with Gasteiger partial charge in [0.1, 0.15) is 4.70 Å². The molecule has 0 radical (unpaired) electrons. The van der Waals surface area contributed by atoms with Gasteiger partial charge < -0.3 is 10.2 Å². The topological polar surface area (TPSA) is 67.2 Å². The van der Waals surface area contributed by atoms with E-state index in [2.05, 4.69) is 41.4 Å². The monoisotopic (exact) mass is 472 g/mol. The molecule has 7 heteroatoms. The summed E-state index contributed by atoms with van der Waals surface area (Å²) in [5.41, 5.74) is 4.85. The number of anilines is 2. The number of hydrogen-bond donors (Lipinski definition) is 1. The summed E-state index contributed by atoms with van der Waals surface area (Å²) < 4.78 is 2.44. The molecule has 1 amide bonds. The van der Waals surface area contributed by atoms with Crippen molar-refractivity contribution >= 4 is 39.1 Å². The standard InChI is InChI=1S/C27H28N4O2S/c1-18-8-10-20(11-9-18)16-31-26(33)24-23(12-14-34-24)29-27(31)30-13-4-6-21(17-30)25(32)28-22-7-3-5-19(2)15-22/h3,5,7-12,14-15,21H,4,6,13,16-17H2,1-2H3,(H,28,32). The van der Waals surface area contributed by atoms with E-state index in [-0.39, 0.29) is 17.4 Å². The van der Waals surface area contributed by atoms with E-state index < -0.39 is 0 Å². The van der Waals surface area contributed by atoms with Crippen LogP contribution in [0.3, 0.4) is 0 Å². The molecule has 1 saturated heterocycles. The van der Waals surface area contributed by atoms with E-state index in [9.17, 15) is 9.59 Å². The van der Waals surface area contributed by atoms with Gasteiger partial charge in [0.2, 0.25) is 11.9 Å². The minimum Gasteiger partial charge on any atom is -0.341 e. The van der Waals surface area contributed by atoms with Gasteiger partial charge in [0.05, 0.1) is 18.0 Å². The summed E-state index contributed by atoms with van der Waals surface area (Å²) in [4.78, 5) is 33.5. The number of aryl methyl sites for hydroxylation is 2. The van der Waals surface area contributed by atoms with E-state index in [1.807, 2.05) is 42.6 Å². The predicted octanol–water partition coefficient (Wildman–Crippen LogP) is 4.98. The van der Waals surface area contributed by atoms with Crippen molar-refractivity contribution in [3.05, 3.63) is 87.0 Å². The predicted molar refractivity (Wildman–Crippen MR) is 139 cm³/mol. The third-order valence-electron chi connectivity index (χ3n) is 6.37. The molecule has 1 N–H and O–H groups in total. The quantitative estimate of drug-likeness (QED) is 0.445. The Labute approximate surface area is 202 Å². The summed E-state index contributed by atoms with van der Waals surface area (Å²) in [7, 11) is 0. The van der Waals surface area contributed by atoms with Crippen molar-refractivity contribution in [3.8, 4) is 0 Å². The summed E-state index contributed by atoms with van der Waals surface area (Å²) in [6.45, 7) is 5.82. The first kappa shape index (κ1) is 22.3. The molecule has 1 unspecified atom stereocenters. The number of fused-ring (bicyclic) bond motifs is 1. The summed E-state index contributed by atoms with van der Waals surface area (Å²) >= 11 is 1.43. The van der Waals surface area contributed by atoms with Gasteiger partial charge in [-0.15, -0.1) is 11.3 Å². The largest absolute Gasteiger partial charge is 0.341 e. The number of carbonyl (C=O) groups is 1. The number of nitrogens with zero attached hydrogens (tertiary/aromatic N) is 3. The number of carbonyl (C=O) groups excluding carboxylic acids is 1. The third-order valence-corrected chi connectivity index (χ3v) is 7.26. The first-order valence-electron chi connectivity index (χ1n) is 11.6. The first-order valence-corrected chi connectivity index (χ1v) is 12.5. The van der Waals surface area contributed by atoms with Crippen LogP contribution >= 0.6 is 11.3 Å². The molecule has 34 heavy (non-hydrogen) atoms. The second kappa shape index (κ2) is 9.43. The van der Waals surface area contributed by atoms with Gasteiger partial charge in [0.15, 0.2) is 0 Å². The van der Waals surface area contributed by atoms with Crippen molar-refractivity contribution in [1.82, 2.24) is 9.55 Å². The number of nitrogens with one attached hydrogen (secondary N) is 1. The van der Waals surface area contributed by atoms with Gasteiger partial charge in [0.25, 0.3) is 5.56 Å². The Hall–Kier alpha value is -3.45. The molecule has 1 aliphatic heterocycles. The van der Waals surface area contributed by atoms with E-state index in [0.29, 0.717) is 23.7 Å². The van der Waals surface area contributed by atoms with Crippen molar-refractivity contribution in [2.75, 3.05) is 23.3 Å².